The summed E-state index contributed by atoms with van der Waals surface area (Å²) >= 11 is 0. The molecule has 0 atom stereocenters. The van der Waals surface area contributed by atoms with Crippen LogP contribution >= 0.6 is 0 Å². The van der Waals surface area contributed by atoms with Crippen LogP contribution in [0.15, 0.2) is 77.7 Å². The molecular weight excluding hydrogens is 358 g/mol. The number of nitrogen functional groups attached to an aromatic ring is 1. The molecule has 1 amide bonds. The number of ether oxygens (including phenoxy) is 2. The zero-order chi connectivity index (χ0) is 19.8. The maximum absolute atomic E-state index is 12.6. The largest absolute Gasteiger partial charge is 0.492 e. The van der Waals surface area contributed by atoms with E-state index in [-0.39, 0.29) is 31.2 Å². The van der Waals surface area contributed by atoms with E-state index in [2.05, 4.69) is 5.32 Å². The molecule has 0 aliphatic rings. The molecule has 0 aliphatic heterocycles. The van der Waals surface area contributed by atoms with Crippen LogP contribution in [0.2, 0.25) is 0 Å². The lowest BCUT2D eigenvalue weighted by Crippen LogP contribution is -2.34. The highest BCUT2D eigenvalue weighted by molar-refractivity contribution is 5.95. The second-order valence-corrected chi connectivity index (χ2v) is 5.96. The van der Waals surface area contributed by atoms with Gasteiger partial charge in [0.05, 0.1) is 6.54 Å². The lowest BCUT2D eigenvalue weighted by Gasteiger charge is -2.14. The van der Waals surface area contributed by atoms with Crippen LogP contribution in [0.25, 0.3) is 0 Å². The number of carbonyl (C=O) groups is 1. The Balaban J connectivity index is 1.65. The van der Waals surface area contributed by atoms with Crippen molar-refractivity contribution in [1.29, 1.82) is 0 Å². The first-order valence-electron chi connectivity index (χ1n) is 8.78. The predicted molar refractivity (Wildman–Crippen MR) is 106 cm³/mol. The Hall–Kier alpha value is -3.74. The SMILES string of the molecule is Nn1ccc(=O)c(OCc2ccccc2)c1C(=O)NCCOc1ccccc1. The fourth-order valence-electron chi connectivity index (χ4n) is 2.56. The number of para-hydroxylation sites is 1. The van der Waals surface area contributed by atoms with E-state index >= 15 is 0 Å². The van der Waals surface area contributed by atoms with Crippen molar-refractivity contribution in [3.63, 3.8) is 0 Å². The summed E-state index contributed by atoms with van der Waals surface area (Å²) in [4.78, 5) is 24.8. The van der Waals surface area contributed by atoms with Gasteiger partial charge in [-0.15, -0.1) is 0 Å². The van der Waals surface area contributed by atoms with E-state index < -0.39 is 11.3 Å². The fraction of sp³-hybridized carbons (Fsp3) is 0.143. The monoisotopic (exact) mass is 379 g/mol. The number of nitrogens with one attached hydrogen (secondary N) is 1. The summed E-state index contributed by atoms with van der Waals surface area (Å²) in [6, 6.07) is 19.9. The molecule has 1 heterocycles. The standard InChI is InChI=1S/C21H21N3O4/c22-24-13-11-18(25)20(28-15-16-7-3-1-4-8-16)19(24)21(26)23-12-14-27-17-9-5-2-6-10-17/h1-11,13H,12,14-15,22H2,(H,23,26). The molecule has 0 saturated heterocycles. The normalized spacial score (nSPS) is 10.3. The van der Waals surface area contributed by atoms with Crippen LogP contribution in [0, 0.1) is 0 Å². The van der Waals surface area contributed by atoms with Gasteiger partial charge >= 0.3 is 0 Å². The Morgan fingerprint density at radius 1 is 0.964 bits per heavy atom. The number of pyridine rings is 1. The van der Waals surface area contributed by atoms with Crippen LogP contribution in [-0.4, -0.2) is 23.7 Å². The second kappa shape index (κ2) is 9.27. The highest BCUT2D eigenvalue weighted by Crippen LogP contribution is 2.14. The van der Waals surface area contributed by atoms with Gasteiger partial charge in [-0.2, -0.15) is 0 Å². The van der Waals surface area contributed by atoms with E-state index in [1.807, 2.05) is 60.7 Å². The van der Waals surface area contributed by atoms with E-state index in [1.165, 1.54) is 12.3 Å². The highest BCUT2D eigenvalue weighted by atomic mass is 16.5. The van der Waals surface area contributed by atoms with E-state index in [0.29, 0.717) is 5.75 Å². The molecule has 3 rings (SSSR count). The topological polar surface area (TPSA) is 95.6 Å². The highest BCUT2D eigenvalue weighted by Gasteiger charge is 2.19. The molecule has 0 saturated carbocycles. The molecule has 1 aromatic heterocycles. The number of aromatic nitrogens is 1. The third-order valence-electron chi connectivity index (χ3n) is 3.92. The minimum Gasteiger partial charge on any atom is -0.492 e. The minimum atomic E-state index is -0.514. The molecule has 0 aliphatic carbocycles. The minimum absolute atomic E-state index is 0.0388. The molecule has 7 heteroatoms. The predicted octanol–water partition coefficient (Wildman–Crippen LogP) is 1.95. The van der Waals surface area contributed by atoms with Gasteiger partial charge in [-0.25, -0.2) is 0 Å². The number of benzene rings is 2. The molecule has 0 fully saturated rings. The van der Waals surface area contributed by atoms with Gasteiger partial charge < -0.3 is 20.6 Å². The zero-order valence-electron chi connectivity index (χ0n) is 15.2. The average molecular weight is 379 g/mol. The third-order valence-corrected chi connectivity index (χ3v) is 3.92. The lowest BCUT2D eigenvalue weighted by molar-refractivity contribution is 0.0933. The first kappa shape index (κ1) is 19.0. The second-order valence-electron chi connectivity index (χ2n) is 5.96. The molecular formula is C21H21N3O4. The summed E-state index contributed by atoms with van der Waals surface area (Å²) in [5, 5.41) is 2.69. The quantitative estimate of drug-likeness (QED) is 0.461. The van der Waals surface area contributed by atoms with Crippen molar-refractivity contribution in [2.24, 2.45) is 0 Å². The fourth-order valence-corrected chi connectivity index (χ4v) is 2.56. The maximum Gasteiger partial charge on any atom is 0.273 e. The van der Waals surface area contributed by atoms with Crippen LogP contribution in [0.5, 0.6) is 11.5 Å². The van der Waals surface area contributed by atoms with E-state index in [1.54, 1.807) is 0 Å². The van der Waals surface area contributed by atoms with Crippen molar-refractivity contribution in [2.75, 3.05) is 19.0 Å². The maximum atomic E-state index is 12.6. The van der Waals surface area contributed by atoms with Gasteiger partial charge in [0, 0.05) is 12.3 Å². The third kappa shape index (κ3) is 4.91. The summed E-state index contributed by atoms with van der Waals surface area (Å²) < 4.78 is 12.2. The van der Waals surface area contributed by atoms with E-state index in [9.17, 15) is 9.59 Å². The van der Waals surface area contributed by atoms with Crippen molar-refractivity contribution in [1.82, 2.24) is 9.99 Å². The molecule has 7 nitrogen and oxygen atoms in total. The number of rotatable bonds is 8. The number of nitrogens with zero attached hydrogens (tertiary/aromatic N) is 1. The van der Waals surface area contributed by atoms with Gasteiger partial charge in [0.2, 0.25) is 5.43 Å². The number of nitrogens with two attached hydrogens (primary N) is 1. The summed E-state index contributed by atoms with van der Waals surface area (Å²) in [5.41, 5.74) is 0.420. The summed E-state index contributed by atoms with van der Waals surface area (Å²) in [5.74, 6) is 5.97. The van der Waals surface area contributed by atoms with Crippen molar-refractivity contribution < 1.29 is 14.3 Å². The molecule has 144 valence electrons. The van der Waals surface area contributed by atoms with Gasteiger partial charge in [-0.1, -0.05) is 48.5 Å². The van der Waals surface area contributed by atoms with Gasteiger partial charge in [0.15, 0.2) is 11.4 Å². The zero-order valence-corrected chi connectivity index (χ0v) is 15.2. The first-order chi connectivity index (χ1) is 13.6. The number of amides is 1. The molecule has 2 aromatic carbocycles. The van der Waals surface area contributed by atoms with Crippen LogP contribution in [0.4, 0.5) is 0 Å². The van der Waals surface area contributed by atoms with Gasteiger partial charge in [-0.3, -0.25) is 14.3 Å². The Labute approximate surface area is 162 Å². The van der Waals surface area contributed by atoms with Crippen LogP contribution in [0.1, 0.15) is 16.1 Å². The van der Waals surface area contributed by atoms with E-state index in [0.717, 1.165) is 10.2 Å². The number of hydrogen-bond acceptors (Lipinski definition) is 5. The molecule has 0 unspecified atom stereocenters. The number of hydrogen-bond donors (Lipinski definition) is 2. The van der Waals surface area contributed by atoms with Gasteiger partial charge in [-0.05, 0) is 17.7 Å². The molecule has 0 radical (unpaired) electrons. The average Bonchev–Trinajstić information content (AvgIpc) is 2.73. The number of carbonyl (C=O) groups excluding carboxylic acids is 1. The van der Waals surface area contributed by atoms with Crippen molar-refractivity contribution >= 4 is 5.91 Å². The van der Waals surface area contributed by atoms with Gasteiger partial charge in [0.1, 0.15) is 19.0 Å². The van der Waals surface area contributed by atoms with Crippen molar-refractivity contribution in [2.45, 2.75) is 6.61 Å². The Bertz CT molecular complexity index is 972. The summed E-state index contributed by atoms with van der Waals surface area (Å²) in [6.45, 7) is 0.671. The van der Waals surface area contributed by atoms with Crippen LogP contribution in [-0.2, 0) is 6.61 Å². The van der Waals surface area contributed by atoms with E-state index in [4.69, 9.17) is 15.3 Å². The Kier molecular flexibility index (Phi) is 6.30. The molecule has 3 aromatic rings. The summed E-state index contributed by atoms with van der Waals surface area (Å²) in [7, 11) is 0. The molecule has 0 spiro atoms. The Morgan fingerprint density at radius 3 is 2.36 bits per heavy atom. The lowest BCUT2D eigenvalue weighted by atomic mass is 10.2. The molecule has 0 bridgehead atoms. The van der Waals surface area contributed by atoms with Crippen LogP contribution < -0.4 is 26.1 Å². The van der Waals surface area contributed by atoms with Crippen molar-refractivity contribution in [3.05, 3.63) is 94.4 Å². The summed E-state index contributed by atoms with van der Waals surface area (Å²) in [6.07, 6.45) is 1.33. The molecule has 28 heavy (non-hydrogen) atoms. The Morgan fingerprint density at radius 2 is 1.64 bits per heavy atom. The smallest absolute Gasteiger partial charge is 0.273 e. The van der Waals surface area contributed by atoms with Crippen molar-refractivity contribution in [3.8, 4) is 11.5 Å². The van der Waals surface area contributed by atoms with Crippen LogP contribution in [0.3, 0.4) is 0 Å². The first-order valence-corrected chi connectivity index (χ1v) is 8.78. The molecule has 3 N–H and O–H groups in total. The van der Waals surface area contributed by atoms with Gasteiger partial charge in [0.25, 0.3) is 5.91 Å².